The molecule has 0 aromatic carbocycles. The van der Waals surface area contributed by atoms with Gasteiger partial charge in [0.15, 0.2) is 0 Å². The summed E-state index contributed by atoms with van der Waals surface area (Å²) in [5.74, 6) is -3.59. The van der Waals surface area contributed by atoms with E-state index in [1.807, 2.05) is 47.6 Å². The average molecular weight is 683 g/mol. The third-order valence-electron chi connectivity index (χ3n) is 12.4. The fourth-order valence-electron chi connectivity index (χ4n) is 9.27. The zero-order chi connectivity index (χ0) is 36.4. The minimum atomic E-state index is -1.64. The fourth-order valence-corrected chi connectivity index (χ4v) is 9.27. The van der Waals surface area contributed by atoms with Crippen LogP contribution < -0.4 is 0 Å². The van der Waals surface area contributed by atoms with Gasteiger partial charge in [0.05, 0.1) is 36.4 Å². The van der Waals surface area contributed by atoms with Gasteiger partial charge in [-0.05, 0) is 82.3 Å². The van der Waals surface area contributed by atoms with Crippen molar-refractivity contribution in [3.05, 3.63) is 34.9 Å². The maximum absolute atomic E-state index is 14.7. The molecular formula is C41H62O8. The highest BCUT2D eigenvalue weighted by Crippen LogP contribution is 2.56. The molecule has 2 heterocycles. The second kappa shape index (κ2) is 15.9. The first-order valence-corrected chi connectivity index (χ1v) is 18.7. The summed E-state index contributed by atoms with van der Waals surface area (Å²) >= 11 is 0. The first kappa shape index (κ1) is 39.4. The molecule has 10 atom stereocenters. The van der Waals surface area contributed by atoms with Crippen molar-refractivity contribution in [2.24, 2.45) is 40.9 Å². The molecule has 8 heteroatoms. The Morgan fingerprint density at radius 3 is 2.35 bits per heavy atom. The number of aliphatic hydroxyl groups excluding tert-OH is 1. The number of ketones is 3. The Morgan fingerprint density at radius 2 is 1.69 bits per heavy atom. The molecule has 49 heavy (non-hydrogen) atoms. The largest absolute Gasteiger partial charge is 0.469 e. The van der Waals surface area contributed by atoms with Gasteiger partial charge in [0.2, 0.25) is 0 Å². The van der Waals surface area contributed by atoms with E-state index < -0.39 is 46.9 Å². The first-order valence-electron chi connectivity index (χ1n) is 18.7. The van der Waals surface area contributed by atoms with E-state index in [4.69, 9.17) is 9.47 Å². The molecule has 1 saturated heterocycles. The van der Waals surface area contributed by atoms with E-state index in [-0.39, 0.29) is 73.3 Å². The van der Waals surface area contributed by atoms with Crippen LogP contribution in [0.1, 0.15) is 126 Å². The maximum atomic E-state index is 14.7. The number of esters is 1. The molecule has 0 amide bonds. The van der Waals surface area contributed by atoms with Crippen molar-refractivity contribution >= 4 is 23.3 Å². The Hall–Kier alpha value is -2.42. The molecule has 0 radical (unpaired) electrons. The number of hydrogen-bond donors (Lipinski definition) is 2. The standard InChI is InChI=1S/C41H62O8/c1-23(2)29-20-32(42)26(5)12-10-11-24(3)18-33(43)30-19-28(7)38-31(41(30,22-34(29)44)39(46)48-9)17-25(4)13-15-36-27(6)14-16-37(49-36)40(8,47)21-35(38)45/h17,23-24,26,29-31,35-37,45,47H,6,10-16,18-22H2,1-5,7-9H3/t24-,26+,29-,30+,31-,35-,36-,37+,40-,41+/m1/s1. The van der Waals surface area contributed by atoms with E-state index in [0.29, 0.717) is 31.3 Å². The summed E-state index contributed by atoms with van der Waals surface area (Å²) in [5, 5.41) is 24.0. The summed E-state index contributed by atoms with van der Waals surface area (Å²) in [4.78, 5) is 57.3. The van der Waals surface area contributed by atoms with Gasteiger partial charge in [0.1, 0.15) is 17.3 Å². The molecule has 2 fully saturated rings. The van der Waals surface area contributed by atoms with E-state index in [0.717, 1.165) is 36.0 Å². The molecule has 2 aliphatic carbocycles. The summed E-state index contributed by atoms with van der Waals surface area (Å²) in [7, 11) is 1.30. The normalized spacial score (nSPS) is 39.2. The van der Waals surface area contributed by atoms with Crippen LogP contribution in [-0.2, 0) is 28.7 Å². The van der Waals surface area contributed by atoms with Gasteiger partial charge < -0.3 is 19.7 Å². The number of carbonyl (C=O) groups excluding carboxylic acids is 4. The van der Waals surface area contributed by atoms with Gasteiger partial charge in [-0.3, -0.25) is 19.2 Å². The Balaban J connectivity index is 1.97. The van der Waals surface area contributed by atoms with Gasteiger partial charge in [-0.25, -0.2) is 0 Å². The van der Waals surface area contributed by atoms with E-state index in [2.05, 4.69) is 6.58 Å². The molecule has 8 nitrogen and oxygen atoms in total. The second-order valence-electron chi connectivity index (χ2n) is 16.7. The van der Waals surface area contributed by atoms with Gasteiger partial charge in [0, 0.05) is 49.4 Å². The van der Waals surface area contributed by atoms with E-state index in [9.17, 15) is 29.4 Å². The Labute approximate surface area is 294 Å². The number of aliphatic hydroxyl groups is 2. The molecule has 4 aliphatic rings. The van der Waals surface area contributed by atoms with Crippen LogP contribution in [0.2, 0.25) is 0 Å². The molecule has 0 aromatic heterocycles. The number of rotatable bonds is 2. The fraction of sp³-hybridized carbons (Fsp3) is 0.756. The summed E-state index contributed by atoms with van der Waals surface area (Å²) in [6.45, 7) is 17.6. The number of fused-ring (bicyclic) bond motifs is 5. The molecule has 1 saturated carbocycles. The molecule has 2 aliphatic heterocycles. The van der Waals surface area contributed by atoms with Crippen molar-refractivity contribution in [1.82, 2.24) is 0 Å². The summed E-state index contributed by atoms with van der Waals surface area (Å²) in [6.07, 6.45) is 5.01. The van der Waals surface area contributed by atoms with Crippen molar-refractivity contribution in [1.29, 1.82) is 0 Å². The summed E-state index contributed by atoms with van der Waals surface area (Å²) < 4.78 is 12.0. The quantitative estimate of drug-likeness (QED) is 0.234. The van der Waals surface area contributed by atoms with Gasteiger partial charge in [-0.2, -0.15) is 0 Å². The molecule has 2 bridgehead atoms. The van der Waals surface area contributed by atoms with E-state index in [1.54, 1.807) is 6.92 Å². The van der Waals surface area contributed by atoms with Gasteiger partial charge in [0.25, 0.3) is 0 Å². The van der Waals surface area contributed by atoms with E-state index >= 15 is 0 Å². The van der Waals surface area contributed by atoms with Crippen molar-refractivity contribution in [2.45, 2.75) is 149 Å². The lowest BCUT2D eigenvalue weighted by molar-refractivity contribution is -0.167. The highest BCUT2D eigenvalue weighted by molar-refractivity contribution is 5.97. The summed E-state index contributed by atoms with van der Waals surface area (Å²) in [5.41, 5.74) is 0.213. The predicted molar refractivity (Wildman–Crippen MR) is 189 cm³/mol. The predicted octanol–water partition coefficient (Wildman–Crippen LogP) is 7.05. The number of hydrogen-bond acceptors (Lipinski definition) is 8. The van der Waals surface area contributed by atoms with Crippen molar-refractivity contribution in [3.8, 4) is 0 Å². The SMILES string of the molecule is C=C1CC[C@@H]2O[C@@H]1CCC(C)=C[C@@H]1C(=C(C)C[C@H]3C(=O)C[C@H](C)CCC[C@H](C)C(=O)C[C@H](C(C)C)C(=O)C[C@@]13C(=O)OC)[C@H](O)C[C@@]2(C)O. The van der Waals surface area contributed by atoms with Crippen LogP contribution in [0.3, 0.4) is 0 Å². The van der Waals surface area contributed by atoms with Crippen LogP contribution >= 0.6 is 0 Å². The lowest BCUT2D eigenvalue weighted by Crippen LogP contribution is -2.55. The smallest absolute Gasteiger partial charge is 0.313 e. The van der Waals surface area contributed by atoms with Crippen molar-refractivity contribution < 1.29 is 38.9 Å². The van der Waals surface area contributed by atoms with Crippen LogP contribution in [0, 0.1) is 40.9 Å². The highest BCUT2D eigenvalue weighted by Gasteiger charge is 2.60. The Bertz CT molecular complexity index is 1350. The molecule has 0 unspecified atom stereocenters. The van der Waals surface area contributed by atoms with Crippen LogP contribution in [-0.4, -0.2) is 64.6 Å². The lowest BCUT2D eigenvalue weighted by atomic mass is 9.52. The molecule has 274 valence electrons. The summed E-state index contributed by atoms with van der Waals surface area (Å²) in [6, 6.07) is 0. The average Bonchev–Trinajstić information content (AvgIpc) is 3.02. The Morgan fingerprint density at radius 1 is 1.00 bits per heavy atom. The van der Waals surface area contributed by atoms with Crippen LogP contribution in [0.5, 0.6) is 0 Å². The van der Waals surface area contributed by atoms with Crippen LogP contribution in [0.15, 0.2) is 34.9 Å². The monoisotopic (exact) mass is 682 g/mol. The number of allylic oxidation sites excluding steroid dienone is 3. The number of ether oxygens (including phenoxy) is 2. The third-order valence-corrected chi connectivity index (χ3v) is 12.4. The molecule has 0 spiro atoms. The lowest BCUT2D eigenvalue weighted by Gasteiger charge is -2.50. The zero-order valence-corrected chi connectivity index (χ0v) is 31.3. The minimum absolute atomic E-state index is 0.0275. The molecule has 0 aromatic rings. The zero-order valence-electron chi connectivity index (χ0n) is 31.3. The van der Waals surface area contributed by atoms with Crippen molar-refractivity contribution in [3.63, 3.8) is 0 Å². The number of Topliss-reactive ketones (excluding diaryl/α,β-unsaturated/α-hetero) is 3. The molecule has 2 N–H and O–H groups in total. The maximum Gasteiger partial charge on any atom is 0.313 e. The van der Waals surface area contributed by atoms with Crippen LogP contribution in [0.25, 0.3) is 0 Å². The first-order chi connectivity index (χ1) is 22.9. The molecule has 4 rings (SSSR count). The Kier molecular flexibility index (Phi) is 12.7. The second-order valence-corrected chi connectivity index (χ2v) is 16.7. The van der Waals surface area contributed by atoms with Gasteiger partial charge in [-0.1, -0.05) is 64.3 Å². The third kappa shape index (κ3) is 8.39. The van der Waals surface area contributed by atoms with Gasteiger partial charge in [-0.15, -0.1) is 0 Å². The van der Waals surface area contributed by atoms with Gasteiger partial charge >= 0.3 is 5.97 Å². The number of carbonyl (C=O) groups is 4. The highest BCUT2D eigenvalue weighted by atomic mass is 16.5. The molecular weight excluding hydrogens is 620 g/mol. The van der Waals surface area contributed by atoms with E-state index in [1.165, 1.54) is 7.11 Å². The minimum Gasteiger partial charge on any atom is -0.469 e. The van der Waals surface area contributed by atoms with Crippen molar-refractivity contribution in [2.75, 3.05) is 7.11 Å². The van der Waals surface area contributed by atoms with Crippen LogP contribution in [0.4, 0.5) is 0 Å². The topological polar surface area (TPSA) is 127 Å². The number of methoxy groups -OCH3 is 1.